The van der Waals surface area contributed by atoms with Gasteiger partial charge in [-0.25, -0.2) is 0 Å². The van der Waals surface area contributed by atoms with Gasteiger partial charge in [0.2, 0.25) is 0 Å². The van der Waals surface area contributed by atoms with E-state index in [0.29, 0.717) is 18.8 Å². The molecule has 0 aromatic rings. The summed E-state index contributed by atoms with van der Waals surface area (Å²) < 4.78 is 30.6. The van der Waals surface area contributed by atoms with E-state index in [1.54, 1.807) is 0 Å². The summed E-state index contributed by atoms with van der Waals surface area (Å²) in [5.41, 5.74) is 0. The van der Waals surface area contributed by atoms with Crippen LogP contribution in [0.5, 0.6) is 0 Å². The molecule has 146 valence electrons. The minimum Gasteiger partial charge on any atom is -0.353 e. The normalized spacial score (nSPS) is 24.4. The first kappa shape index (κ1) is 23.8. The quantitative estimate of drug-likeness (QED) is 0.759. The summed E-state index contributed by atoms with van der Waals surface area (Å²) in [6.07, 6.45) is 2.49. The lowest BCUT2D eigenvalue weighted by molar-refractivity contribution is -0.198. The molecule has 3 rings (SSSR count). The highest BCUT2D eigenvalue weighted by atomic mass is 16.7. The number of hydrogen-bond acceptors (Lipinski definition) is 6. The first-order chi connectivity index (χ1) is 11.6. The predicted octanol–water partition coefficient (Wildman–Crippen LogP) is 3.58. The zero-order chi connectivity index (χ0) is 18.2. The zero-order valence-corrected chi connectivity index (χ0v) is 16.4. The van der Waals surface area contributed by atoms with E-state index in [1.165, 1.54) is 0 Å². The van der Waals surface area contributed by atoms with Gasteiger partial charge in [-0.3, -0.25) is 0 Å². The Morgan fingerprint density at radius 2 is 1.46 bits per heavy atom. The van der Waals surface area contributed by atoms with Crippen molar-refractivity contribution in [1.82, 2.24) is 0 Å². The highest BCUT2D eigenvalue weighted by Gasteiger charge is 2.17. The van der Waals surface area contributed by atoms with Crippen LogP contribution in [-0.4, -0.2) is 58.5 Å². The fourth-order valence-corrected chi connectivity index (χ4v) is 1.96. The van der Waals surface area contributed by atoms with Crippen molar-refractivity contribution < 1.29 is 28.4 Å². The molecule has 3 saturated heterocycles. The minimum atomic E-state index is 0.0544. The van der Waals surface area contributed by atoms with Crippen LogP contribution in [0.3, 0.4) is 0 Å². The van der Waals surface area contributed by atoms with Gasteiger partial charge in [0.15, 0.2) is 12.6 Å². The fourth-order valence-electron chi connectivity index (χ4n) is 1.96. The molecule has 3 heterocycles. The van der Waals surface area contributed by atoms with Gasteiger partial charge in [-0.1, -0.05) is 34.6 Å². The first-order valence-corrected chi connectivity index (χ1v) is 9.29. The summed E-state index contributed by atoms with van der Waals surface area (Å²) in [5.74, 6) is 0.491. The molecule has 0 radical (unpaired) electrons. The van der Waals surface area contributed by atoms with E-state index in [9.17, 15) is 0 Å². The molecule has 3 fully saturated rings. The third-order valence-electron chi connectivity index (χ3n) is 3.21. The molecule has 3 aliphatic heterocycles. The lowest BCUT2D eigenvalue weighted by Crippen LogP contribution is -2.29. The van der Waals surface area contributed by atoms with Gasteiger partial charge >= 0.3 is 0 Å². The number of rotatable bonds is 2. The molecule has 0 spiro atoms. The standard InChI is InChI=1S/C7H14O2.C5H10O2.C4H8O2.C2H6/c1-6(2)7-8-4-3-5-9-7;1-2-5-6-3-4-7-5;1-4-2-5-3-6-4;1-2/h6-7H,3-5H2,1-2H3;5H,2-4H2,1H3;4H,2-3H2,1H3;1-2H3. The molecule has 3 aliphatic rings. The summed E-state index contributed by atoms with van der Waals surface area (Å²) in [6.45, 7) is 16.8. The Labute approximate surface area is 148 Å². The van der Waals surface area contributed by atoms with Gasteiger partial charge in [-0.2, -0.15) is 0 Å². The van der Waals surface area contributed by atoms with Crippen LogP contribution in [0.25, 0.3) is 0 Å². The van der Waals surface area contributed by atoms with Crippen molar-refractivity contribution in [3.05, 3.63) is 0 Å². The van der Waals surface area contributed by atoms with Crippen LogP contribution in [0.1, 0.15) is 54.4 Å². The van der Waals surface area contributed by atoms with Gasteiger partial charge in [-0.05, 0) is 19.8 Å². The average Bonchev–Trinajstić information content (AvgIpc) is 3.32. The van der Waals surface area contributed by atoms with Crippen molar-refractivity contribution in [2.75, 3.05) is 39.8 Å². The van der Waals surface area contributed by atoms with Gasteiger partial charge in [-0.15, -0.1) is 0 Å². The third kappa shape index (κ3) is 12.2. The third-order valence-corrected chi connectivity index (χ3v) is 3.21. The molecule has 0 bridgehead atoms. The van der Waals surface area contributed by atoms with Gasteiger partial charge in [0, 0.05) is 5.92 Å². The molecule has 0 aliphatic carbocycles. The molecule has 0 aromatic carbocycles. The van der Waals surface area contributed by atoms with Crippen molar-refractivity contribution in [2.45, 2.75) is 73.1 Å². The van der Waals surface area contributed by atoms with Crippen LogP contribution >= 0.6 is 0 Å². The highest BCUT2D eigenvalue weighted by molar-refractivity contribution is 4.54. The van der Waals surface area contributed by atoms with Gasteiger partial charge in [0.05, 0.1) is 39.1 Å². The van der Waals surface area contributed by atoms with Crippen molar-refractivity contribution in [3.8, 4) is 0 Å². The molecule has 1 atom stereocenters. The topological polar surface area (TPSA) is 55.4 Å². The van der Waals surface area contributed by atoms with E-state index in [4.69, 9.17) is 28.4 Å². The largest absolute Gasteiger partial charge is 0.353 e. The average molecular weight is 350 g/mol. The highest BCUT2D eigenvalue weighted by Crippen LogP contribution is 2.12. The summed E-state index contributed by atoms with van der Waals surface area (Å²) in [7, 11) is 0. The minimum absolute atomic E-state index is 0.0544. The molecule has 0 amide bonds. The van der Waals surface area contributed by atoms with Crippen LogP contribution in [0.15, 0.2) is 0 Å². The van der Waals surface area contributed by atoms with E-state index < -0.39 is 0 Å². The molecular weight excluding hydrogens is 312 g/mol. The smallest absolute Gasteiger partial charge is 0.159 e. The second-order valence-corrected chi connectivity index (χ2v) is 5.75. The van der Waals surface area contributed by atoms with E-state index in [1.807, 2.05) is 20.8 Å². The van der Waals surface area contributed by atoms with Crippen molar-refractivity contribution >= 4 is 0 Å². The van der Waals surface area contributed by atoms with E-state index in [2.05, 4.69) is 20.8 Å². The molecule has 0 N–H and O–H groups in total. The summed E-state index contributed by atoms with van der Waals surface area (Å²) in [4.78, 5) is 0. The Morgan fingerprint density at radius 3 is 1.71 bits per heavy atom. The van der Waals surface area contributed by atoms with Crippen LogP contribution in [0.4, 0.5) is 0 Å². The monoisotopic (exact) mass is 350 g/mol. The first-order valence-electron chi connectivity index (χ1n) is 9.29. The SMILES string of the molecule is CC.CC(C)C1OCCCO1.CC1COCO1.CCC1OCCO1. The maximum absolute atomic E-state index is 5.32. The van der Waals surface area contributed by atoms with Crippen LogP contribution in [0.2, 0.25) is 0 Å². The van der Waals surface area contributed by atoms with Crippen molar-refractivity contribution in [3.63, 3.8) is 0 Å². The second-order valence-electron chi connectivity index (χ2n) is 5.75. The van der Waals surface area contributed by atoms with Gasteiger partial charge in [0.25, 0.3) is 0 Å². The van der Waals surface area contributed by atoms with E-state index in [-0.39, 0.29) is 12.6 Å². The molecule has 0 saturated carbocycles. The Morgan fingerprint density at radius 1 is 0.875 bits per heavy atom. The number of hydrogen-bond donors (Lipinski definition) is 0. The maximum Gasteiger partial charge on any atom is 0.159 e. The molecule has 1 unspecified atom stereocenters. The zero-order valence-electron chi connectivity index (χ0n) is 16.4. The maximum atomic E-state index is 5.32. The number of ether oxygens (including phenoxy) is 6. The van der Waals surface area contributed by atoms with Crippen LogP contribution < -0.4 is 0 Å². The lowest BCUT2D eigenvalue weighted by atomic mass is 10.2. The Kier molecular flexibility index (Phi) is 16.1. The Hall–Kier alpha value is -0.240. The Bertz CT molecular complexity index is 244. The fraction of sp³-hybridized carbons (Fsp3) is 1.00. The summed E-state index contributed by atoms with van der Waals surface area (Å²) in [5, 5.41) is 0. The van der Waals surface area contributed by atoms with Crippen LogP contribution in [-0.2, 0) is 28.4 Å². The second kappa shape index (κ2) is 16.2. The van der Waals surface area contributed by atoms with Gasteiger partial charge in [0.1, 0.15) is 6.79 Å². The molecule has 24 heavy (non-hydrogen) atoms. The predicted molar refractivity (Wildman–Crippen MR) is 93.8 cm³/mol. The lowest BCUT2D eigenvalue weighted by Gasteiger charge is -2.25. The van der Waals surface area contributed by atoms with Crippen molar-refractivity contribution in [1.29, 1.82) is 0 Å². The Balaban J connectivity index is 0.000000320. The molecule has 6 nitrogen and oxygen atoms in total. The van der Waals surface area contributed by atoms with E-state index in [0.717, 1.165) is 45.9 Å². The van der Waals surface area contributed by atoms with E-state index >= 15 is 0 Å². The van der Waals surface area contributed by atoms with Gasteiger partial charge < -0.3 is 28.4 Å². The van der Waals surface area contributed by atoms with Crippen molar-refractivity contribution in [2.24, 2.45) is 5.92 Å². The molecular formula is C18H38O6. The van der Waals surface area contributed by atoms with Crippen LogP contribution in [0, 0.1) is 5.92 Å². The molecule has 6 heteroatoms. The summed E-state index contributed by atoms with van der Waals surface area (Å²) >= 11 is 0. The summed E-state index contributed by atoms with van der Waals surface area (Å²) in [6, 6.07) is 0. The molecule has 0 aromatic heterocycles.